The first-order chi connectivity index (χ1) is 17.7. The molecule has 0 bridgehead atoms. The Kier molecular flexibility index (Phi) is 7.09. The van der Waals surface area contributed by atoms with Gasteiger partial charge in [0.2, 0.25) is 0 Å². The lowest BCUT2D eigenvalue weighted by Gasteiger charge is -2.14. The van der Waals surface area contributed by atoms with E-state index in [1.165, 1.54) is 11.8 Å². The largest absolute Gasteiger partial charge is 0.495 e. The molecule has 0 aliphatic heterocycles. The zero-order chi connectivity index (χ0) is 24.7. The number of carbonyl (C=O) groups is 1. The lowest BCUT2D eigenvalue weighted by molar-refractivity contribution is 0.0947. The molecule has 5 aromatic rings. The Morgan fingerprint density at radius 3 is 2.69 bits per heavy atom. The number of benzene rings is 2. The highest BCUT2D eigenvalue weighted by molar-refractivity contribution is 7.98. The first-order valence-electron chi connectivity index (χ1n) is 11.2. The molecule has 0 atom stereocenters. The summed E-state index contributed by atoms with van der Waals surface area (Å²) in [7, 11) is 1.64. The minimum absolute atomic E-state index is 0.162. The Morgan fingerprint density at radius 1 is 1.03 bits per heavy atom. The molecule has 180 valence electrons. The number of furan rings is 1. The SMILES string of the molecule is COc1ccccc1-n1c(SCc2ccccc2C(=O)NCc2ccco2)nnc1-c1cccnc1. The molecule has 0 unspecified atom stereocenters. The monoisotopic (exact) mass is 497 g/mol. The summed E-state index contributed by atoms with van der Waals surface area (Å²) >= 11 is 1.49. The molecule has 0 spiro atoms. The zero-order valence-electron chi connectivity index (χ0n) is 19.5. The molecule has 3 aromatic heterocycles. The van der Waals surface area contributed by atoms with Gasteiger partial charge < -0.3 is 14.5 Å². The third kappa shape index (κ3) is 5.01. The fourth-order valence-electron chi connectivity index (χ4n) is 3.76. The second-order valence-corrected chi connectivity index (χ2v) is 8.71. The lowest BCUT2D eigenvalue weighted by atomic mass is 10.1. The summed E-state index contributed by atoms with van der Waals surface area (Å²) in [6, 6.07) is 22.7. The van der Waals surface area contributed by atoms with Gasteiger partial charge >= 0.3 is 0 Å². The predicted molar refractivity (Wildman–Crippen MR) is 137 cm³/mol. The number of para-hydroxylation sites is 2. The Hall–Kier alpha value is -4.37. The van der Waals surface area contributed by atoms with Gasteiger partial charge in [0.1, 0.15) is 11.5 Å². The number of aromatic nitrogens is 4. The highest BCUT2D eigenvalue weighted by atomic mass is 32.2. The van der Waals surface area contributed by atoms with Crippen LogP contribution in [0.25, 0.3) is 17.1 Å². The van der Waals surface area contributed by atoms with Gasteiger partial charge in [-0.25, -0.2) is 0 Å². The number of thioether (sulfide) groups is 1. The fourth-order valence-corrected chi connectivity index (χ4v) is 4.71. The van der Waals surface area contributed by atoms with E-state index in [9.17, 15) is 4.79 Å². The average molecular weight is 498 g/mol. The van der Waals surface area contributed by atoms with E-state index in [4.69, 9.17) is 9.15 Å². The van der Waals surface area contributed by atoms with Crippen molar-refractivity contribution >= 4 is 17.7 Å². The average Bonchev–Trinajstić information content (AvgIpc) is 3.61. The van der Waals surface area contributed by atoms with Crippen LogP contribution in [0.15, 0.2) is 101 Å². The van der Waals surface area contributed by atoms with Gasteiger partial charge in [-0.15, -0.1) is 10.2 Å². The van der Waals surface area contributed by atoms with Gasteiger partial charge in [-0.1, -0.05) is 42.1 Å². The molecule has 5 rings (SSSR count). The third-order valence-corrected chi connectivity index (χ3v) is 6.48. The van der Waals surface area contributed by atoms with Crippen LogP contribution >= 0.6 is 11.8 Å². The predicted octanol–water partition coefficient (Wildman–Crippen LogP) is 5.15. The van der Waals surface area contributed by atoms with Crippen LogP contribution in [0.1, 0.15) is 21.7 Å². The molecule has 0 saturated heterocycles. The van der Waals surface area contributed by atoms with Gasteiger partial charge in [0.05, 0.1) is 25.6 Å². The topological polar surface area (TPSA) is 95.1 Å². The van der Waals surface area contributed by atoms with Crippen molar-refractivity contribution in [2.45, 2.75) is 17.5 Å². The number of pyridine rings is 1. The molecular weight excluding hydrogens is 474 g/mol. The summed E-state index contributed by atoms with van der Waals surface area (Å²) in [6.07, 6.45) is 5.06. The van der Waals surface area contributed by atoms with Crippen LogP contribution in [0, 0.1) is 0 Å². The van der Waals surface area contributed by atoms with Crippen LogP contribution in [-0.4, -0.2) is 32.8 Å². The molecule has 8 nitrogen and oxygen atoms in total. The quantitative estimate of drug-likeness (QED) is 0.281. The van der Waals surface area contributed by atoms with E-state index < -0.39 is 0 Å². The van der Waals surface area contributed by atoms with E-state index in [1.54, 1.807) is 31.8 Å². The molecular formula is C27H23N5O3S. The minimum Gasteiger partial charge on any atom is -0.495 e. The van der Waals surface area contributed by atoms with Gasteiger partial charge in [-0.05, 0) is 48.0 Å². The van der Waals surface area contributed by atoms with Crippen LogP contribution in [0.5, 0.6) is 5.75 Å². The maximum atomic E-state index is 12.9. The normalized spacial score (nSPS) is 10.8. The van der Waals surface area contributed by atoms with Crippen molar-refractivity contribution in [3.05, 3.63) is 108 Å². The summed E-state index contributed by atoms with van der Waals surface area (Å²) in [6.45, 7) is 0.323. The number of nitrogens with zero attached hydrogens (tertiary/aromatic N) is 4. The summed E-state index contributed by atoms with van der Waals surface area (Å²) in [5, 5.41) is 12.5. The molecule has 0 aliphatic carbocycles. The zero-order valence-corrected chi connectivity index (χ0v) is 20.3. The number of carbonyl (C=O) groups excluding carboxylic acids is 1. The van der Waals surface area contributed by atoms with Crippen molar-refractivity contribution in [1.29, 1.82) is 0 Å². The fraction of sp³-hybridized carbons (Fsp3) is 0.111. The smallest absolute Gasteiger partial charge is 0.251 e. The van der Waals surface area contributed by atoms with Gasteiger partial charge in [0, 0.05) is 29.3 Å². The van der Waals surface area contributed by atoms with E-state index >= 15 is 0 Å². The van der Waals surface area contributed by atoms with Crippen LogP contribution in [0.4, 0.5) is 0 Å². The maximum absolute atomic E-state index is 12.9. The molecule has 0 aliphatic rings. The number of rotatable bonds is 9. The second kappa shape index (κ2) is 10.9. The van der Waals surface area contributed by atoms with Crippen molar-refractivity contribution in [1.82, 2.24) is 25.1 Å². The summed E-state index contributed by atoms with van der Waals surface area (Å²) < 4.78 is 12.9. The van der Waals surface area contributed by atoms with Crippen molar-refractivity contribution in [2.24, 2.45) is 0 Å². The third-order valence-electron chi connectivity index (χ3n) is 5.50. The highest BCUT2D eigenvalue weighted by Gasteiger charge is 2.20. The first-order valence-corrected chi connectivity index (χ1v) is 12.2. The second-order valence-electron chi connectivity index (χ2n) is 7.76. The summed E-state index contributed by atoms with van der Waals surface area (Å²) in [4.78, 5) is 17.2. The molecule has 2 aromatic carbocycles. The summed E-state index contributed by atoms with van der Waals surface area (Å²) in [5.74, 6) is 2.40. The standard InChI is InChI=1S/C27H23N5O3S/c1-34-24-13-5-4-12-23(24)32-25(19-9-6-14-28-16-19)30-31-27(32)36-18-20-8-2-3-11-22(20)26(33)29-17-21-10-7-15-35-21/h2-16H,17-18H2,1H3,(H,29,33). The highest BCUT2D eigenvalue weighted by Crippen LogP contribution is 2.33. The van der Waals surface area contributed by atoms with Crippen molar-refractivity contribution in [3.63, 3.8) is 0 Å². The van der Waals surface area contributed by atoms with E-state index in [0.717, 1.165) is 16.8 Å². The minimum atomic E-state index is -0.162. The maximum Gasteiger partial charge on any atom is 0.251 e. The molecule has 0 saturated carbocycles. The van der Waals surface area contributed by atoms with Gasteiger partial charge in [0.15, 0.2) is 11.0 Å². The van der Waals surface area contributed by atoms with Crippen LogP contribution in [-0.2, 0) is 12.3 Å². The van der Waals surface area contributed by atoms with E-state index in [1.807, 2.05) is 71.3 Å². The number of nitrogens with one attached hydrogen (secondary N) is 1. The van der Waals surface area contributed by atoms with Gasteiger partial charge in [0.25, 0.3) is 5.91 Å². The number of methoxy groups -OCH3 is 1. The number of hydrogen-bond donors (Lipinski definition) is 1. The molecule has 1 N–H and O–H groups in total. The molecule has 9 heteroatoms. The Balaban J connectivity index is 1.44. The Bertz CT molecular complexity index is 1450. The van der Waals surface area contributed by atoms with Crippen molar-refractivity contribution in [3.8, 4) is 22.8 Å². The molecule has 3 heterocycles. The van der Waals surface area contributed by atoms with Crippen LogP contribution in [0.2, 0.25) is 0 Å². The van der Waals surface area contributed by atoms with Crippen molar-refractivity contribution in [2.75, 3.05) is 7.11 Å². The number of amides is 1. The number of hydrogen-bond acceptors (Lipinski definition) is 7. The Labute approximate surface area is 212 Å². The lowest BCUT2D eigenvalue weighted by Crippen LogP contribution is -2.23. The first kappa shape index (κ1) is 23.4. The molecule has 0 fully saturated rings. The van der Waals surface area contributed by atoms with Gasteiger partial charge in [-0.2, -0.15) is 0 Å². The van der Waals surface area contributed by atoms with Crippen molar-refractivity contribution < 1.29 is 13.9 Å². The van der Waals surface area contributed by atoms with E-state index in [-0.39, 0.29) is 5.91 Å². The Morgan fingerprint density at radius 2 is 1.89 bits per heavy atom. The van der Waals surface area contributed by atoms with Gasteiger partial charge in [-0.3, -0.25) is 14.3 Å². The summed E-state index contributed by atoms with van der Waals surface area (Å²) in [5.41, 5.74) is 3.14. The van der Waals surface area contributed by atoms with Crippen LogP contribution in [0.3, 0.4) is 0 Å². The van der Waals surface area contributed by atoms with E-state index in [2.05, 4.69) is 20.5 Å². The van der Waals surface area contributed by atoms with Crippen LogP contribution < -0.4 is 10.1 Å². The van der Waals surface area contributed by atoms with E-state index in [0.29, 0.717) is 40.4 Å². The molecule has 36 heavy (non-hydrogen) atoms. The number of ether oxygens (including phenoxy) is 1. The molecule has 0 radical (unpaired) electrons. The molecule has 1 amide bonds.